The van der Waals surface area contributed by atoms with Gasteiger partial charge in [-0.05, 0) is 36.4 Å². The van der Waals surface area contributed by atoms with Crippen molar-refractivity contribution in [1.29, 1.82) is 5.26 Å². The van der Waals surface area contributed by atoms with E-state index in [2.05, 4.69) is 5.32 Å². The van der Waals surface area contributed by atoms with Crippen molar-refractivity contribution in [1.82, 2.24) is 0 Å². The van der Waals surface area contributed by atoms with E-state index in [0.29, 0.717) is 22.7 Å². The molecule has 0 aromatic heterocycles. The Morgan fingerprint density at radius 3 is 2.44 bits per heavy atom. The van der Waals surface area contributed by atoms with Crippen molar-refractivity contribution >= 4 is 29.0 Å². The fourth-order valence-corrected chi connectivity index (χ4v) is 2.36. The number of hydrogen-bond acceptors (Lipinski definition) is 6. The molecule has 0 heterocycles. The number of nitro benzene ring substituents is 1. The van der Waals surface area contributed by atoms with E-state index < -0.39 is 10.8 Å². The number of nitriles is 1. The molecule has 8 nitrogen and oxygen atoms in total. The summed E-state index contributed by atoms with van der Waals surface area (Å²) in [5.74, 6) is 0.0233. The number of methoxy groups -OCH3 is 1. The molecule has 0 aliphatic carbocycles. The number of nitrogens with zero attached hydrogens (tertiary/aromatic N) is 3. The standard InChI is InChI=1S/C19H18N4O4/c1-22(2)18-9-6-16(23(25)26)11-13(18)10-14(12-20)19(24)21-15-4-7-17(27-3)8-5-15/h4-11H,1-3H3,(H,21,24)/b14-10+. The van der Waals surface area contributed by atoms with E-state index in [1.54, 1.807) is 49.3 Å². The zero-order chi connectivity index (χ0) is 20.0. The molecule has 0 fully saturated rings. The molecule has 0 bridgehead atoms. The van der Waals surface area contributed by atoms with Gasteiger partial charge in [0, 0.05) is 43.2 Å². The van der Waals surface area contributed by atoms with E-state index in [0.717, 1.165) is 0 Å². The fraction of sp³-hybridized carbons (Fsp3) is 0.158. The van der Waals surface area contributed by atoms with Crippen LogP contribution in [0, 0.1) is 21.4 Å². The van der Waals surface area contributed by atoms with Gasteiger partial charge in [0.1, 0.15) is 17.4 Å². The lowest BCUT2D eigenvalue weighted by molar-refractivity contribution is -0.384. The molecule has 0 unspecified atom stereocenters. The van der Waals surface area contributed by atoms with Crippen LogP contribution in [0.2, 0.25) is 0 Å². The third kappa shape index (κ3) is 4.83. The third-order valence-electron chi connectivity index (χ3n) is 3.72. The molecular formula is C19H18N4O4. The molecule has 1 N–H and O–H groups in total. The molecule has 0 aliphatic rings. The van der Waals surface area contributed by atoms with Gasteiger partial charge in [-0.1, -0.05) is 0 Å². The molecule has 8 heteroatoms. The summed E-state index contributed by atoms with van der Waals surface area (Å²) in [4.78, 5) is 24.7. The van der Waals surface area contributed by atoms with Crippen LogP contribution in [0.3, 0.4) is 0 Å². The van der Waals surface area contributed by atoms with Crippen LogP contribution in [0.4, 0.5) is 17.1 Å². The number of nitrogens with one attached hydrogen (secondary N) is 1. The Hall–Kier alpha value is -3.86. The minimum absolute atomic E-state index is 0.125. The molecule has 2 rings (SSSR count). The number of anilines is 2. The van der Waals surface area contributed by atoms with Crippen molar-refractivity contribution in [2.45, 2.75) is 0 Å². The Morgan fingerprint density at radius 2 is 1.93 bits per heavy atom. The molecule has 2 aromatic carbocycles. The summed E-state index contributed by atoms with van der Waals surface area (Å²) in [6.45, 7) is 0. The predicted molar refractivity (Wildman–Crippen MR) is 103 cm³/mol. The van der Waals surface area contributed by atoms with Crippen molar-refractivity contribution in [3.8, 4) is 11.8 Å². The van der Waals surface area contributed by atoms with E-state index >= 15 is 0 Å². The first-order chi connectivity index (χ1) is 12.8. The van der Waals surface area contributed by atoms with Crippen molar-refractivity contribution in [2.75, 3.05) is 31.4 Å². The number of hydrogen-bond donors (Lipinski definition) is 1. The van der Waals surface area contributed by atoms with Crippen LogP contribution in [-0.2, 0) is 4.79 Å². The smallest absolute Gasteiger partial charge is 0.270 e. The minimum atomic E-state index is -0.612. The van der Waals surface area contributed by atoms with Gasteiger partial charge < -0.3 is 15.0 Å². The number of nitro groups is 1. The highest BCUT2D eigenvalue weighted by atomic mass is 16.6. The van der Waals surface area contributed by atoms with E-state index in [1.807, 2.05) is 6.07 Å². The molecule has 138 valence electrons. The first-order valence-electron chi connectivity index (χ1n) is 7.88. The van der Waals surface area contributed by atoms with Gasteiger partial charge in [-0.15, -0.1) is 0 Å². The summed E-state index contributed by atoms with van der Waals surface area (Å²) in [5.41, 5.74) is 1.24. The Kier molecular flexibility index (Phi) is 6.12. The molecule has 0 spiro atoms. The first kappa shape index (κ1) is 19.5. The summed E-state index contributed by atoms with van der Waals surface area (Å²) >= 11 is 0. The highest BCUT2D eigenvalue weighted by Crippen LogP contribution is 2.26. The Labute approximate surface area is 156 Å². The number of carbonyl (C=O) groups excluding carboxylic acids is 1. The number of rotatable bonds is 6. The van der Waals surface area contributed by atoms with Gasteiger partial charge in [-0.25, -0.2) is 0 Å². The summed E-state index contributed by atoms with van der Waals surface area (Å²) in [6.07, 6.45) is 1.33. The maximum absolute atomic E-state index is 12.4. The number of benzene rings is 2. The lowest BCUT2D eigenvalue weighted by Crippen LogP contribution is -2.14. The zero-order valence-corrected chi connectivity index (χ0v) is 15.1. The quantitative estimate of drug-likeness (QED) is 0.364. The molecular weight excluding hydrogens is 348 g/mol. The monoisotopic (exact) mass is 366 g/mol. The van der Waals surface area contributed by atoms with Gasteiger partial charge in [-0.2, -0.15) is 5.26 Å². The van der Waals surface area contributed by atoms with Crippen LogP contribution in [0.15, 0.2) is 48.0 Å². The van der Waals surface area contributed by atoms with Gasteiger partial charge in [0.2, 0.25) is 0 Å². The SMILES string of the molecule is COc1ccc(NC(=O)/C(C#N)=C/c2cc([N+](=O)[O-])ccc2N(C)C)cc1. The number of ether oxygens (including phenoxy) is 1. The molecule has 0 atom stereocenters. The molecule has 0 saturated carbocycles. The van der Waals surface area contributed by atoms with Crippen molar-refractivity contribution in [3.05, 3.63) is 63.7 Å². The van der Waals surface area contributed by atoms with Gasteiger partial charge in [0.15, 0.2) is 0 Å². The molecule has 2 aromatic rings. The molecule has 1 amide bonds. The maximum atomic E-state index is 12.4. The zero-order valence-electron chi connectivity index (χ0n) is 15.1. The fourth-order valence-electron chi connectivity index (χ4n) is 2.36. The molecule has 27 heavy (non-hydrogen) atoms. The highest BCUT2D eigenvalue weighted by Gasteiger charge is 2.15. The van der Waals surface area contributed by atoms with Gasteiger partial charge in [-0.3, -0.25) is 14.9 Å². The average molecular weight is 366 g/mol. The van der Waals surface area contributed by atoms with Crippen LogP contribution < -0.4 is 15.0 Å². The number of amides is 1. The van der Waals surface area contributed by atoms with E-state index in [-0.39, 0.29) is 11.3 Å². The Morgan fingerprint density at radius 1 is 1.26 bits per heavy atom. The second kappa shape index (κ2) is 8.49. The van der Waals surface area contributed by atoms with Crippen molar-refractivity contribution in [2.24, 2.45) is 0 Å². The average Bonchev–Trinajstić information content (AvgIpc) is 2.66. The van der Waals surface area contributed by atoms with E-state index in [1.165, 1.54) is 25.3 Å². The summed E-state index contributed by atoms with van der Waals surface area (Å²) in [5, 5.41) is 23.0. The largest absolute Gasteiger partial charge is 0.497 e. The normalized spacial score (nSPS) is 10.7. The summed E-state index contributed by atoms with van der Waals surface area (Å²) < 4.78 is 5.05. The maximum Gasteiger partial charge on any atom is 0.270 e. The lowest BCUT2D eigenvalue weighted by atomic mass is 10.1. The van der Waals surface area contributed by atoms with Crippen LogP contribution in [-0.4, -0.2) is 32.0 Å². The van der Waals surface area contributed by atoms with Gasteiger partial charge in [0.05, 0.1) is 12.0 Å². The predicted octanol–water partition coefficient (Wildman–Crippen LogP) is 3.22. The minimum Gasteiger partial charge on any atom is -0.497 e. The second-order valence-corrected chi connectivity index (χ2v) is 5.75. The number of non-ortho nitro benzene ring substituents is 1. The number of carbonyl (C=O) groups is 1. The Balaban J connectivity index is 2.36. The van der Waals surface area contributed by atoms with Gasteiger partial charge >= 0.3 is 0 Å². The topological polar surface area (TPSA) is 108 Å². The molecule has 0 saturated heterocycles. The highest BCUT2D eigenvalue weighted by molar-refractivity contribution is 6.10. The van der Waals surface area contributed by atoms with Gasteiger partial charge in [0.25, 0.3) is 11.6 Å². The summed E-state index contributed by atoms with van der Waals surface area (Å²) in [7, 11) is 5.06. The van der Waals surface area contributed by atoms with Crippen LogP contribution in [0.25, 0.3) is 6.08 Å². The van der Waals surface area contributed by atoms with Crippen LogP contribution in [0.5, 0.6) is 5.75 Å². The molecule has 0 aliphatic heterocycles. The first-order valence-corrected chi connectivity index (χ1v) is 7.88. The van der Waals surface area contributed by atoms with Crippen molar-refractivity contribution < 1.29 is 14.5 Å². The third-order valence-corrected chi connectivity index (χ3v) is 3.72. The van der Waals surface area contributed by atoms with E-state index in [4.69, 9.17) is 4.74 Å². The second-order valence-electron chi connectivity index (χ2n) is 5.75. The lowest BCUT2D eigenvalue weighted by Gasteiger charge is -2.15. The van der Waals surface area contributed by atoms with E-state index in [9.17, 15) is 20.2 Å². The van der Waals surface area contributed by atoms with Crippen LogP contribution in [0.1, 0.15) is 5.56 Å². The van der Waals surface area contributed by atoms with Crippen molar-refractivity contribution in [3.63, 3.8) is 0 Å². The van der Waals surface area contributed by atoms with Crippen LogP contribution >= 0.6 is 0 Å². The summed E-state index contributed by atoms with van der Waals surface area (Å²) in [6, 6.07) is 12.8. The Bertz CT molecular complexity index is 928. The molecule has 0 radical (unpaired) electrons.